The van der Waals surface area contributed by atoms with Crippen LogP contribution < -0.4 is 10.1 Å². The SMILES string of the molecule is CNCC(COc1ccc2c(c1)CCCC2)Cc1ccc(F)cc1.Cl. The molecule has 0 radical (unpaired) electrons. The molecule has 0 saturated carbocycles. The van der Waals surface area contributed by atoms with Crippen molar-refractivity contribution in [3.8, 4) is 5.75 Å². The predicted molar refractivity (Wildman–Crippen MR) is 103 cm³/mol. The summed E-state index contributed by atoms with van der Waals surface area (Å²) in [5.74, 6) is 1.14. The number of rotatable bonds is 7. The van der Waals surface area contributed by atoms with Gasteiger partial charge in [-0.25, -0.2) is 4.39 Å². The highest BCUT2D eigenvalue weighted by Gasteiger charge is 2.13. The molecular weight excluding hydrogens is 337 g/mol. The molecule has 1 unspecified atom stereocenters. The first-order chi connectivity index (χ1) is 11.7. The van der Waals surface area contributed by atoms with E-state index in [1.165, 1.54) is 48.9 Å². The van der Waals surface area contributed by atoms with Crippen LogP contribution in [0.5, 0.6) is 5.75 Å². The van der Waals surface area contributed by atoms with Crippen LogP contribution in [0.2, 0.25) is 0 Å². The summed E-state index contributed by atoms with van der Waals surface area (Å²) in [7, 11) is 1.95. The Kier molecular flexibility index (Phi) is 7.73. The second-order valence-electron chi connectivity index (χ2n) is 6.70. The Hall–Kier alpha value is -1.58. The molecule has 1 N–H and O–H groups in total. The lowest BCUT2D eigenvalue weighted by Gasteiger charge is -2.20. The van der Waals surface area contributed by atoms with Crippen molar-refractivity contribution in [2.45, 2.75) is 32.1 Å². The molecule has 0 saturated heterocycles. The second-order valence-corrected chi connectivity index (χ2v) is 6.70. The van der Waals surface area contributed by atoms with E-state index in [0.717, 1.165) is 24.3 Å². The first-order valence-corrected chi connectivity index (χ1v) is 8.88. The average Bonchev–Trinajstić information content (AvgIpc) is 2.61. The molecule has 136 valence electrons. The van der Waals surface area contributed by atoms with Gasteiger partial charge < -0.3 is 10.1 Å². The van der Waals surface area contributed by atoms with Gasteiger partial charge in [0.15, 0.2) is 0 Å². The molecule has 0 fully saturated rings. The van der Waals surface area contributed by atoms with E-state index in [-0.39, 0.29) is 18.2 Å². The van der Waals surface area contributed by atoms with Crippen LogP contribution in [-0.4, -0.2) is 20.2 Å². The van der Waals surface area contributed by atoms with Crippen LogP contribution in [0.3, 0.4) is 0 Å². The van der Waals surface area contributed by atoms with Crippen LogP contribution in [0, 0.1) is 11.7 Å². The largest absolute Gasteiger partial charge is 0.493 e. The molecule has 1 atom stereocenters. The van der Waals surface area contributed by atoms with Crippen molar-refractivity contribution in [2.24, 2.45) is 5.92 Å². The molecule has 0 bridgehead atoms. The van der Waals surface area contributed by atoms with Crippen LogP contribution in [0.25, 0.3) is 0 Å². The Bertz CT molecular complexity index is 659. The van der Waals surface area contributed by atoms with Crippen molar-refractivity contribution in [3.05, 3.63) is 65.0 Å². The topological polar surface area (TPSA) is 21.3 Å². The summed E-state index contributed by atoms with van der Waals surface area (Å²) >= 11 is 0. The molecule has 1 aliphatic carbocycles. The van der Waals surface area contributed by atoms with E-state index >= 15 is 0 Å². The van der Waals surface area contributed by atoms with Gasteiger partial charge in [-0.3, -0.25) is 0 Å². The number of benzene rings is 2. The molecule has 0 amide bonds. The van der Waals surface area contributed by atoms with Crippen molar-refractivity contribution >= 4 is 12.4 Å². The lowest BCUT2D eigenvalue weighted by molar-refractivity contribution is 0.245. The third kappa shape index (κ3) is 5.72. The van der Waals surface area contributed by atoms with Gasteiger partial charge in [0.2, 0.25) is 0 Å². The Morgan fingerprint density at radius 2 is 1.76 bits per heavy atom. The summed E-state index contributed by atoms with van der Waals surface area (Å²) in [5, 5.41) is 3.23. The molecule has 2 nitrogen and oxygen atoms in total. The van der Waals surface area contributed by atoms with Gasteiger partial charge in [-0.15, -0.1) is 12.4 Å². The molecule has 2 aromatic carbocycles. The van der Waals surface area contributed by atoms with Gasteiger partial charge in [0.25, 0.3) is 0 Å². The third-order valence-corrected chi connectivity index (χ3v) is 4.74. The maximum absolute atomic E-state index is 13.0. The van der Waals surface area contributed by atoms with Crippen molar-refractivity contribution in [1.29, 1.82) is 0 Å². The van der Waals surface area contributed by atoms with E-state index in [1.807, 2.05) is 19.2 Å². The Morgan fingerprint density at radius 3 is 2.48 bits per heavy atom. The zero-order valence-electron chi connectivity index (χ0n) is 14.8. The normalized spacial score (nSPS) is 14.3. The molecule has 0 heterocycles. The van der Waals surface area contributed by atoms with E-state index < -0.39 is 0 Å². The van der Waals surface area contributed by atoms with Gasteiger partial charge >= 0.3 is 0 Å². The molecular formula is C21H27ClFNO. The molecule has 0 aromatic heterocycles. The van der Waals surface area contributed by atoms with Crippen molar-refractivity contribution in [1.82, 2.24) is 5.32 Å². The average molecular weight is 364 g/mol. The number of hydrogen-bond donors (Lipinski definition) is 1. The summed E-state index contributed by atoms with van der Waals surface area (Å²) in [6, 6.07) is 13.3. The highest BCUT2D eigenvalue weighted by Crippen LogP contribution is 2.25. The smallest absolute Gasteiger partial charge is 0.123 e. The summed E-state index contributed by atoms with van der Waals surface area (Å²) in [4.78, 5) is 0. The van der Waals surface area contributed by atoms with E-state index in [2.05, 4.69) is 23.5 Å². The van der Waals surface area contributed by atoms with E-state index in [9.17, 15) is 4.39 Å². The Morgan fingerprint density at radius 1 is 1.04 bits per heavy atom. The van der Waals surface area contributed by atoms with Crippen LogP contribution in [0.1, 0.15) is 29.5 Å². The number of nitrogens with one attached hydrogen (secondary N) is 1. The maximum atomic E-state index is 13.0. The van der Waals surface area contributed by atoms with Crippen LogP contribution in [0.15, 0.2) is 42.5 Å². The number of aryl methyl sites for hydroxylation is 2. The summed E-state index contributed by atoms with van der Waals surface area (Å²) in [5.41, 5.74) is 4.07. The molecule has 0 spiro atoms. The lowest BCUT2D eigenvalue weighted by Crippen LogP contribution is -2.26. The molecule has 4 heteroatoms. The molecule has 0 aliphatic heterocycles. The number of halogens is 2. The Labute approximate surface area is 156 Å². The van der Waals surface area contributed by atoms with Crippen LogP contribution in [-0.2, 0) is 19.3 Å². The fraction of sp³-hybridized carbons (Fsp3) is 0.429. The quantitative estimate of drug-likeness (QED) is 0.777. The number of hydrogen-bond acceptors (Lipinski definition) is 2. The second kappa shape index (κ2) is 9.79. The fourth-order valence-electron chi connectivity index (χ4n) is 3.45. The number of fused-ring (bicyclic) bond motifs is 1. The molecule has 2 aromatic rings. The van der Waals surface area contributed by atoms with Crippen molar-refractivity contribution in [2.75, 3.05) is 20.2 Å². The standard InChI is InChI=1S/C21H26FNO.ClH/c1-23-14-17(12-16-6-9-20(22)10-7-16)15-24-21-11-8-18-4-2-3-5-19(18)13-21;/h6-11,13,17,23H,2-5,12,14-15H2,1H3;1H. The Balaban J connectivity index is 0.00000225. The highest BCUT2D eigenvalue weighted by molar-refractivity contribution is 5.85. The first-order valence-electron chi connectivity index (χ1n) is 8.88. The van der Waals surface area contributed by atoms with Gasteiger partial charge in [0.05, 0.1) is 6.61 Å². The molecule has 25 heavy (non-hydrogen) atoms. The minimum absolute atomic E-state index is 0. The maximum Gasteiger partial charge on any atom is 0.123 e. The van der Waals surface area contributed by atoms with Gasteiger partial charge in [0.1, 0.15) is 11.6 Å². The van der Waals surface area contributed by atoms with Crippen molar-refractivity contribution in [3.63, 3.8) is 0 Å². The molecule has 3 rings (SSSR count). The van der Waals surface area contributed by atoms with E-state index in [1.54, 1.807) is 0 Å². The van der Waals surface area contributed by atoms with Gasteiger partial charge in [-0.05, 0) is 80.1 Å². The summed E-state index contributed by atoms with van der Waals surface area (Å²) in [6.07, 6.45) is 5.83. The zero-order valence-corrected chi connectivity index (χ0v) is 15.6. The minimum atomic E-state index is -0.186. The predicted octanol–water partition coefficient (Wildman–Crippen LogP) is 4.58. The van der Waals surface area contributed by atoms with Gasteiger partial charge in [-0.1, -0.05) is 18.2 Å². The van der Waals surface area contributed by atoms with Crippen molar-refractivity contribution < 1.29 is 9.13 Å². The van der Waals surface area contributed by atoms with E-state index in [0.29, 0.717) is 12.5 Å². The van der Waals surface area contributed by atoms with Gasteiger partial charge in [-0.2, -0.15) is 0 Å². The fourth-order valence-corrected chi connectivity index (χ4v) is 3.45. The zero-order chi connectivity index (χ0) is 16.8. The summed E-state index contributed by atoms with van der Waals surface area (Å²) < 4.78 is 19.1. The summed E-state index contributed by atoms with van der Waals surface area (Å²) in [6.45, 7) is 1.54. The molecule has 1 aliphatic rings. The third-order valence-electron chi connectivity index (χ3n) is 4.74. The van der Waals surface area contributed by atoms with Crippen LogP contribution >= 0.6 is 12.4 Å². The lowest BCUT2D eigenvalue weighted by atomic mass is 9.92. The highest BCUT2D eigenvalue weighted by atomic mass is 35.5. The van der Waals surface area contributed by atoms with Gasteiger partial charge in [0, 0.05) is 12.5 Å². The van der Waals surface area contributed by atoms with E-state index in [4.69, 9.17) is 4.74 Å². The number of ether oxygens (including phenoxy) is 1. The van der Waals surface area contributed by atoms with Crippen LogP contribution in [0.4, 0.5) is 4.39 Å². The minimum Gasteiger partial charge on any atom is -0.493 e. The monoisotopic (exact) mass is 363 g/mol. The first kappa shape index (κ1) is 19.7.